The van der Waals surface area contributed by atoms with Crippen molar-refractivity contribution >= 4 is 23.6 Å². The van der Waals surface area contributed by atoms with Crippen LogP contribution >= 0.6 is 11.8 Å². The van der Waals surface area contributed by atoms with E-state index in [1.807, 2.05) is 44.2 Å². The van der Waals surface area contributed by atoms with Crippen LogP contribution in [0.1, 0.15) is 24.2 Å². The number of nitrogens with zero attached hydrogens (tertiary/aromatic N) is 3. The Morgan fingerprint density at radius 3 is 2.28 bits per heavy atom. The van der Waals surface area contributed by atoms with Crippen molar-refractivity contribution in [1.29, 1.82) is 0 Å². The first-order valence-electron chi connectivity index (χ1n) is 8.27. The van der Waals surface area contributed by atoms with Crippen LogP contribution in [0.3, 0.4) is 0 Å². The topological polar surface area (TPSA) is 53.5 Å². The predicted octanol–water partition coefficient (Wildman–Crippen LogP) is 3.17. The van der Waals surface area contributed by atoms with Gasteiger partial charge in [0, 0.05) is 36.8 Å². The molecule has 2 amide bonds. The summed E-state index contributed by atoms with van der Waals surface area (Å²) in [5.74, 6) is -0.196. The zero-order chi connectivity index (χ0) is 18.2. The Morgan fingerprint density at radius 2 is 1.72 bits per heavy atom. The second-order valence-corrected chi connectivity index (χ2v) is 6.62. The molecule has 0 saturated heterocycles. The first kappa shape index (κ1) is 19.0. The summed E-state index contributed by atoms with van der Waals surface area (Å²) in [5, 5.41) is 0.906. The number of hydrogen-bond acceptors (Lipinski definition) is 4. The third-order valence-electron chi connectivity index (χ3n) is 3.80. The second kappa shape index (κ2) is 9.22. The summed E-state index contributed by atoms with van der Waals surface area (Å²) in [7, 11) is 1.65. The van der Waals surface area contributed by atoms with Crippen LogP contribution in [0, 0.1) is 0 Å². The molecule has 0 fully saturated rings. The maximum atomic E-state index is 12.5. The van der Waals surface area contributed by atoms with E-state index >= 15 is 0 Å². The summed E-state index contributed by atoms with van der Waals surface area (Å²) in [6.07, 6.45) is 1.75. The average Bonchev–Trinajstić information content (AvgIpc) is 2.63. The number of carbonyl (C=O) groups is 2. The standard InChI is InChI=1S/C19H23N3O2S/c1-4-22(5-2)18(23)14-21(3)19(24)15-9-11-16(12-10-15)25-17-8-6-7-13-20-17/h6-13H,4-5,14H2,1-3H3. The Morgan fingerprint density at radius 1 is 1.04 bits per heavy atom. The summed E-state index contributed by atoms with van der Waals surface area (Å²) in [6.45, 7) is 5.25. The van der Waals surface area contributed by atoms with E-state index in [9.17, 15) is 9.59 Å². The lowest BCUT2D eigenvalue weighted by molar-refractivity contribution is -0.131. The highest BCUT2D eigenvalue weighted by Crippen LogP contribution is 2.25. The Kier molecular flexibility index (Phi) is 7.01. The molecule has 0 unspecified atom stereocenters. The van der Waals surface area contributed by atoms with Crippen molar-refractivity contribution in [3.63, 3.8) is 0 Å². The van der Waals surface area contributed by atoms with Crippen LogP contribution in [0.25, 0.3) is 0 Å². The first-order valence-corrected chi connectivity index (χ1v) is 9.09. The number of pyridine rings is 1. The number of carbonyl (C=O) groups excluding carboxylic acids is 2. The smallest absolute Gasteiger partial charge is 0.254 e. The highest BCUT2D eigenvalue weighted by Gasteiger charge is 2.17. The van der Waals surface area contributed by atoms with Gasteiger partial charge in [-0.3, -0.25) is 9.59 Å². The van der Waals surface area contributed by atoms with Crippen molar-refractivity contribution in [1.82, 2.24) is 14.8 Å². The predicted molar refractivity (Wildman–Crippen MR) is 99.7 cm³/mol. The summed E-state index contributed by atoms with van der Waals surface area (Å²) in [4.78, 5) is 33.1. The molecule has 0 radical (unpaired) electrons. The fourth-order valence-corrected chi connectivity index (χ4v) is 3.14. The molecule has 0 atom stereocenters. The monoisotopic (exact) mass is 357 g/mol. The second-order valence-electron chi connectivity index (χ2n) is 5.52. The molecule has 2 rings (SSSR count). The SMILES string of the molecule is CCN(CC)C(=O)CN(C)C(=O)c1ccc(Sc2ccccn2)cc1. The van der Waals surface area contributed by atoms with E-state index in [4.69, 9.17) is 0 Å². The minimum atomic E-state index is -0.158. The minimum Gasteiger partial charge on any atom is -0.342 e. The molecule has 0 saturated carbocycles. The quantitative estimate of drug-likeness (QED) is 0.764. The summed E-state index contributed by atoms with van der Waals surface area (Å²) >= 11 is 1.54. The van der Waals surface area contributed by atoms with E-state index in [0.717, 1.165) is 9.92 Å². The maximum Gasteiger partial charge on any atom is 0.254 e. The van der Waals surface area contributed by atoms with Crippen LogP contribution in [0.5, 0.6) is 0 Å². The molecule has 5 nitrogen and oxygen atoms in total. The summed E-state index contributed by atoms with van der Waals surface area (Å²) in [6, 6.07) is 13.1. The fraction of sp³-hybridized carbons (Fsp3) is 0.316. The minimum absolute atomic E-state index is 0.0387. The molecule has 1 heterocycles. The van der Waals surface area contributed by atoms with Crippen molar-refractivity contribution in [2.75, 3.05) is 26.7 Å². The molecule has 0 bridgehead atoms. The van der Waals surface area contributed by atoms with E-state index in [0.29, 0.717) is 18.7 Å². The van der Waals surface area contributed by atoms with Crippen molar-refractivity contribution < 1.29 is 9.59 Å². The van der Waals surface area contributed by atoms with Gasteiger partial charge in [-0.25, -0.2) is 4.98 Å². The van der Waals surface area contributed by atoms with E-state index in [-0.39, 0.29) is 18.4 Å². The largest absolute Gasteiger partial charge is 0.342 e. The van der Waals surface area contributed by atoms with Crippen LogP contribution < -0.4 is 0 Å². The first-order chi connectivity index (χ1) is 12.0. The van der Waals surface area contributed by atoms with Crippen LogP contribution in [0.15, 0.2) is 58.6 Å². The van der Waals surface area contributed by atoms with Gasteiger partial charge in [-0.05, 0) is 50.2 Å². The van der Waals surface area contributed by atoms with Crippen molar-refractivity contribution in [3.8, 4) is 0 Å². The van der Waals surface area contributed by atoms with Gasteiger partial charge in [0.05, 0.1) is 6.54 Å². The lowest BCUT2D eigenvalue weighted by Crippen LogP contribution is -2.41. The highest BCUT2D eigenvalue weighted by molar-refractivity contribution is 7.99. The fourth-order valence-electron chi connectivity index (χ4n) is 2.37. The molecule has 2 aromatic rings. The van der Waals surface area contributed by atoms with Crippen LogP contribution in [0.4, 0.5) is 0 Å². The van der Waals surface area contributed by atoms with E-state index < -0.39 is 0 Å². The lowest BCUT2D eigenvalue weighted by Gasteiger charge is -2.23. The Hall–Kier alpha value is -2.34. The molecule has 0 aliphatic heterocycles. The highest BCUT2D eigenvalue weighted by atomic mass is 32.2. The van der Waals surface area contributed by atoms with E-state index in [2.05, 4.69) is 4.98 Å². The zero-order valence-electron chi connectivity index (χ0n) is 14.8. The number of likely N-dealkylation sites (N-methyl/N-ethyl adjacent to an activating group) is 2. The van der Waals surface area contributed by atoms with Crippen molar-refractivity contribution in [2.24, 2.45) is 0 Å². The van der Waals surface area contributed by atoms with Gasteiger partial charge in [-0.15, -0.1) is 0 Å². The lowest BCUT2D eigenvalue weighted by atomic mass is 10.2. The van der Waals surface area contributed by atoms with E-state index in [1.165, 1.54) is 4.90 Å². The van der Waals surface area contributed by atoms with Gasteiger partial charge in [-0.2, -0.15) is 0 Å². The van der Waals surface area contributed by atoms with Crippen LogP contribution in [-0.4, -0.2) is 53.3 Å². The van der Waals surface area contributed by atoms with Gasteiger partial charge in [0.1, 0.15) is 5.03 Å². The van der Waals surface area contributed by atoms with Crippen molar-refractivity contribution in [2.45, 2.75) is 23.8 Å². The number of aromatic nitrogens is 1. The molecule has 1 aromatic heterocycles. The zero-order valence-corrected chi connectivity index (χ0v) is 15.6. The van der Waals surface area contributed by atoms with Gasteiger partial charge in [0.2, 0.25) is 5.91 Å². The van der Waals surface area contributed by atoms with Gasteiger partial charge < -0.3 is 9.80 Å². The Labute approximate surface area is 153 Å². The Balaban J connectivity index is 1.98. The number of benzene rings is 1. The average molecular weight is 357 g/mol. The van der Waals surface area contributed by atoms with Crippen LogP contribution in [0.2, 0.25) is 0 Å². The maximum absolute atomic E-state index is 12.5. The molecule has 0 aliphatic carbocycles. The molecule has 0 spiro atoms. The third kappa shape index (κ3) is 5.32. The number of hydrogen-bond donors (Lipinski definition) is 0. The number of rotatable bonds is 7. The third-order valence-corrected chi connectivity index (χ3v) is 4.76. The molecule has 132 valence electrons. The van der Waals surface area contributed by atoms with Crippen molar-refractivity contribution in [3.05, 3.63) is 54.2 Å². The molecule has 6 heteroatoms. The molecular formula is C19H23N3O2S. The van der Waals surface area contributed by atoms with E-state index in [1.54, 1.807) is 42.0 Å². The van der Waals surface area contributed by atoms with Gasteiger partial charge >= 0.3 is 0 Å². The summed E-state index contributed by atoms with van der Waals surface area (Å²) in [5.41, 5.74) is 0.570. The van der Waals surface area contributed by atoms with Gasteiger partial charge in [-0.1, -0.05) is 17.8 Å². The number of amides is 2. The molecular weight excluding hydrogens is 334 g/mol. The van der Waals surface area contributed by atoms with Crippen LogP contribution in [-0.2, 0) is 4.79 Å². The normalized spacial score (nSPS) is 10.4. The molecule has 1 aromatic carbocycles. The molecule has 0 N–H and O–H groups in total. The Bertz CT molecular complexity index is 700. The summed E-state index contributed by atoms with van der Waals surface area (Å²) < 4.78 is 0. The molecule has 0 aliphatic rings. The van der Waals surface area contributed by atoms with Gasteiger partial charge in [0.15, 0.2) is 0 Å². The molecule has 25 heavy (non-hydrogen) atoms. The van der Waals surface area contributed by atoms with Gasteiger partial charge in [0.25, 0.3) is 5.91 Å².